The summed E-state index contributed by atoms with van der Waals surface area (Å²) >= 11 is 0. The molecular weight excluding hydrogens is 240 g/mol. The fourth-order valence-corrected chi connectivity index (χ4v) is 2.43. The predicted molar refractivity (Wildman–Crippen MR) is 75.6 cm³/mol. The number of hydrogen-bond donors (Lipinski definition) is 1. The van der Waals surface area contributed by atoms with E-state index in [1.165, 1.54) is 0 Å². The maximum absolute atomic E-state index is 12.2. The highest BCUT2D eigenvalue weighted by Gasteiger charge is 2.20. The molecule has 1 heterocycles. The summed E-state index contributed by atoms with van der Waals surface area (Å²) in [6.45, 7) is 5.41. The molecule has 0 atom stereocenters. The first-order chi connectivity index (χ1) is 9.22. The standard InChI is InChI=1S/C15H22N2O2/c1-3-17-9-7-13(8-10-17)16-15(18)12-5-4-6-14(11-12)19-2/h4-6,11,13H,3,7-10H2,1-2H3,(H,16,18). The van der Waals surface area contributed by atoms with Gasteiger partial charge in [0.05, 0.1) is 7.11 Å². The third-order valence-electron chi connectivity index (χ3n) is 3.70. The van der Waals surface area contributed by atoms with Gasteiger partial charge in [-0.3, -0.25) is 4.79 Å². The van der Waals surface area contributed by atoms with Crippen molar-refractivity contribution in [3.63, 3.8) is 0 Å². The van der Waals surface area contributed by atoms with Crippen molar-refractivity contribution in [2.75, 3.05) is 26.7 Å². The molecular formula is C15H22N2O2. The summed E-state index contributed by atoms with van der Waals surface area (Å²) in [4.78, 5) is 14.6. The summed E-state index contributed by atoms with van der Waals surface area (Å²) in [7, 11) is 1.61. The third-order valence-corrected chi connectivity index (χ3v) is 3.70. The smallest absolute Gasteiger partial charge is 0.251 e. The van der Waals surface area contributed by atoms with Crippen molar-refractivity contribution in [1.82, 2.24) is 10.2 Å². The van der Waals surface area contributed by atoms with E-state index in [2.05, 4.69) is 17.1 Å². The van der Waals surface area contributed by atoms with Crippen LogP contribution >= 0.6 is 0 Å². The predicted octanol–water partition coefficient (Wildman–Crippen LogP) is 1.91. The van der Waals surface area contributed by atoms with Crippen LogP contribution in [0, 0.1) is 0 Å². The van der Waals surface area contributed by atoms with Crippen molar-refractivity contribution in [1.29, 1.82) is 0 Å². The Kier molecular flexibility index (Phi) is 4.80. The zero-order valence-corrected chi connectivity index (χ0v) is 11.7. The van der Waals surface area contributed by atoms with E-state index in [0.29, 0.717) is 17.4 Å². The van der Waals surface area contributed by atoms with Crippen LogP contribution in [0.15, 0.2) is 24.3 Å². The Hall–Kier alpha value is -1.55. The van der Waals surface area contributed by atoms with Gasteiger partial charge in [0.2, 0.25) is 0 Å². The molecule has 2 rings (SSSR count). The molecule has 1 saturated heterocycles. The Labute approximate surface area is 114 Å². The molecule has 4 heteroatoms. The van der Waals surface area contributed by atoms with E-state index < -0.39 is 0 Å². The lowest BCUT2D eigenvalue weighted by Crippen LogP contribution is -2.44. The van der Waals surface area contributed by atoms with Crippen molar-refractivity contribution >= 4 is 5.91 Å². The van der Waals surface area contributed by atoms with Crippen molar-refractivity contribution in [2.45, 2.75) is 25.8 Å². The number of rotatable bonds is 4. The van der Waals surface area contributed by atoms with Gasteiger partial charge >= 0.3 is 0 Å². The molecule has 4 nitrogen and oxygen atoms in total. The van der Waals surface area contributed by atoms with E-state index in [1.807, 2.05) is 18.2 Å². The van der Waals surface area contributed by atoms with Gasteiger partial charge in [0.25, 0.3) is 5.91 Å². The van der Waals surface area contributed by atoms with Crippen LogP contribution in [-0.4, -0.2) is 43.6 Å². The van der Waals surface area contributed by atoms with Gasteiger partial charge < -0.3 is 15.0 Å². The number of ether oxygens (including phenoxy) is 1. The minimum Gasteiger partial charge on any atom is -0.497 e. The molecule has 0 aliphatic carbocycles. The third kappa shape index (κ3) is 3.70. The molecule has 1 fully saturated rings. The van der Waals surface area contributed by atoms with E-state index >= 15 is 0 Å². The average Bonchev–Trinajstić information content (AvgIpc) is 2.48. The van der Waals surface area contributed by atoms with Crippen LogP contribution in [0.1, 0.15) is 30.1 Å². The summed E-state index contributed by atoms with van der Waals surface area (Å²) in [5, 5.41) is 3.11. The zero-order chi connectivity index (χ0) is 13.7. The molecule has 1 aliphatic heterocycles. The van der Waals surface area contributed by atoms with Crippen LogP contribution in [0.3, 0.4) is 0 Å². The van der Waals surface area contributed by atoms with Gasteiger partial charge in [-0.1, -0.05) is 13.0 Å². The lowest BCUT2D eigenvalue weighted by molar-refractivity contribution is 0.0912. The molecule has 0 unspecified atom stereocenters. The lowest BCUT2D eigenvalue weighted by atomic mass is 10.0. The molecule has 104 valence electrons. The number of nitrogens with one attached hydrogen (secondary N) is 1. The van der Waals surface area contributed by atoms with Gasteiger partial charge in [-0.2, -0.15) is 0 Å². The first-order valence-corrected chi connectivity index (χ1v) is 6.90. The fourth-order valence-electron chi connectivity index (χ4n) is 2.43. The molecule has 1 aromatic rings. The minimum absolute atomic E-state index is 0.00570. The number of hydrogen-bond acceptors (Lipinski definition) is 3. The van der Waals surface area contributed by atoms with Crippen molar-refractivity contribution in [3.8, 4) is 5.75 Å². The van der Waals surface area contributed by atoms with Gasteiger partial charge in [0.15, 0.2) is 0 Å². The number of carbonyl (C=O) groups excluding carboxylic acids is 1. The van der Waals surface area contributed by atoms with Crippen LogP contribution in [-0.2, 0) is 0 Å². The quantitative estimate of drug-likeness (QED) is 0.901. The first-order valence-electron chi connectivity index (χ1n) is 6.90. The van der Waals surface area contributed by atoms with Gasteiger partial charge in [0, 0.05) is 24.7 Å². The second-order valence-electron chi connectivity index (χ2n) is 4.91. The second-order valence-corrected chi connectivity index (χ2v) is 4.91. The minimum atomic E-state index is -0.00570. The van der Waals surface area contributed by atoms with E-state index in [4.69, 9.17) is 4.74 Å². The summed E-state index contributed by atoms with van der Waals surface area (Å²) in [6, 6.07) is 7.57. The highest BCUT2D eigenvalue weighted by Crippen LogP contribution is 2.14. The zero-order valence-electron chi connectivity index (χ0n) is 11.7. The van der Waals surface area contributed by atoms with Gasteiger partial charge in [-0.25, -0.2) is 0 Å². The van der Waals surface area contributed by atoms with Crippen LogP contribution in [0.2, 0.25) is 0 Å². The normalized spacial score (nSPS) is 17.2. The number of amides is 1. The maximum Gasteiger partial charge on any atom is 0.251 e. The maximum atomic E-state index is 12.2. The Balaban J connectivity index is 1.90. The SMILES string of the molecule is CCN1CCC(NC(=O)c2cccc(OC)c2)CC1. The van der Waals surface area contributed by atoms with Crippen molar-refractivity contribution in [2.24, 2.45) is 0 Å². The average molecular weight is 262 g/mol. The number of piperidine rings is 1. The molecule has 0 radical (unpaired) electrons. The monoisotopic (exact) mass is 262 g/mol. The van der Waals surface area contributed by atoms with Crippen molar-refractivity contribution < 1.29 is 9.53 Å². The second kappa shape index (κ2) is 6.57. The summed E-state index contributed by atoms with van der Waals surface area (Å²) in [5.41, 5.74) is 0.664. The number of benzene rings is 1. The Bertz CT molecular complexity index is 426. The molecule has 19 heavy (non-hydrogen) atoms. The van der Waals surface area contributed by atoms with Crippen LogP contribution in [0.4, 0.5) is 0 Å². The van der Waals surface area contributed by atoms with E-state index in [9.17, 15) is 4.79 Å². The Morgan fingerprint density at radius 1 is 1.42 bits per heavy atom. The molecule has 0 saturated carbocycles. The van der Waals surface area contributed by atoms with Gasteiger partial charge in [-0.05, 0) is 37.6 Å². The number of methoxy groups -OCH3 is 1. The molecule has 1 aliphatic rings. The summed E-state index contributed by atoms with van der Waals surface area (Å²) < 4.78 is 5.14. The topological polar surface area (TPSA) is 41.6 Å². The van der Waals surface area contributed by atoms with Crippen LogP contribution in [0.5, 0.6) is 5.75 Å². The van der Waals surface area contributed by atoms with Gasteiger partial charge in [0.1, 0.15) is 5.75 Å². The Morgan fingerprint density at radius 2 is 2.16 bits per heavy atom. The number of likely N-dealkylation sites (tertiary alicyclic amines) is 1. The highest BCUT2D eigenvalue weighted by atomic mass is 16.5. The molecule has 1 amide bonds. The van der Waals surface area contributed by atoms with Gasteiger partial charge in [-0.15, -0.1) is 0 Å². The van der Waals surface area contributed by atoms with Crippen LogP contribution < -0.4 is 10.1 Å². The van der Waals surface area contributed by atoms with E-state index in [1.54, 1.807) is 13.2 Å². The molecule has 1 N–H and O–H groups in total. The number of carbonyl (C=O) groups is 1. The largest absolute Gasteiger partial charge is 0.497 e. The molecule has 0 spiro atoms. The fraction of sp³-hybridized carbons (Fsp3) is 0.533. The van der Waals surface area contributed by atoms with E-state index in [0.717, 1.165) is 32.5 Å². The summed E-state index contributed by atoms with van der Waals surface area (Å²) in [5.74, 6) is 0.710. The Morgan fingerprint density at radius 3 is 2.79 bits per heavy atom. The van der Waals surface area contributed by atoms with Crippen LogP contribution in [0.25, 0.3) is 0 Å². The first kappa shape index (κ1) is 13.9. The molecule has 1 aromatic carbocycles. The highest BCUT2D eigenvalue weighted by molar-refractivity contribution is 5.94. The molecule has 0 bridgehead atoms. The van der Waals surface area contributed by atoms with E-state index in [-0.39, 0.29) is 5.91 Å². The molecule has 0 aromatic heterocycles. The number of nitrogens with zero attached hydrogens (tertiary/aromatic N) is 1. The van der Waals surface area contributed by atoms with Crippen molar-refractivity contribution in [3.05, 3.63) is 29.8 Å². The lowest BCUT2D eigenvalue weighted by Gasteiger charge is -2.31. The summed E-state index contributed by atoms with van der Waals surface area (Å²) in [6.07, 6.45) is 2.06.